The number of rotatable bonds is 3. The lowest BCUT2D eigenvalue weighted by molar-refractivity contribution is -0.237. The molecule has 0 unspecified atom stereocenters. The van der Waals surface area contributed by atoms with Crippen LogP contribution in [0.15, 0.2) is 23.1 Å². The van der Waals surface area contributed by atoms with Gasteiger partial charge in [-0.25, -0.2) is 0 Å². The van der Waals surface area contributed by atoms with Crippen LogP contribution in [-0.4, -0.2) is 16.5 Å². The Morgan fingerprint density at radius 1 is 1.30 bits per heavy atom. The fourth-order valence-electron chi connectivity index (χ4n) is 1.16. The maximum absolute atomic E-state index is 13.0. The molecule has 0 atom stereocenters. The molecule has 1 rings (SSSR count). The molecular weight excluding hydrogens is 321 g/mol. The van der Waals surface area contributed by atoms with Crippen molar-refractivity contribution in [2.75, 3.05) is 5.32 Å². The highest BCUT2D eigenvalue weighted by Crippen LogP contribution is 2.48. The van der Waals surface area contributed by atoms with Crippen LogP contribution in [0.1, 0.15) is 5.56 Å². The van der Waals surface area contributed by atoms with Gasteiger partial charge in [0.2, 0.25) is 0 Å². The predicted octanol–water partition coefficient (Wildman–Crippen LogP) is 3.46. The van der Waals surface area contributed by atoms with Gasteiger partial charge in [-0.3, -0.25) is 0 Å². The molecule has 10 heteroatoms. The van der Waals surface area contributed by atoms with Crippen LogP contribution in [-0.2, 0) is 0 Å². The zero-order chi connectivity index (χ0) is 15.6. The molecule has 0 saturated heterocycles. The van der Waals surface area contributed by atoms with Crippen molar-refractivity contribution in [2.45, 2.75) is 16.3 Å². The van der Waals surface area contributed by atoms with Crippen LogP contribution in [0.4, 0.5) is 27.6 Å². The minimum atomic E-state index is -5.73. The van der Waals surface area contributed by atoms with E-state index in [4.69, 9.17) is 11.0 Å². The molecule has 0 bridgehead atoms. The van der Waals surface area contributed by atoms with E-state index in [-0.39, 0.29) is 10.8 Å². The Balaban J connectivity index is 3.21. The number of hydrogen-bond acceptors (Lipinski definition) is 3. The third-order valence-electron chi connectivity index (χ3n) is 1.96. The van der Waals surface area contributed by atoms with Gasteiger partial charge in [-0.15, -0.1) is 0 Å². The summed E-state index contributed by atoms with van der Waals surface area (Å²) in [5.74, 6) is 0. The van der Waals surface area contributed by atoms with E-state index in [1.807, 2.05) is 0 Å². The number of nitrogens with zero attached hydrogens (tertiary/aromatic N) is 1. The van der Waals surface area contributed by atoms with E-state index in [0.29, 0.717) is 0 Å². The SMILES string of the molecule is N#Cc1c(NC(N)=S)cccc1SC(F)(F)C(F)(F)F. The lowest BCUT2D eigenvalue weighted by atomic mass is 10.2. The van der Waals surface area contributed by atoms with Crippen LogP contribution >= 0.6 is 24.0 Å². The van der Waals surface area contributed by atoms with Gasteiger partial charge < -0.3 is 11.1 Å². The monoisotopic (exact) mass is 327 g/mol. The molecule has 0 heterocycles. The van der Waals surface area contributed by atoms with Crippen LogP contribution in [0.2, 0.25) is 0 Å². The smallest absolute Gasteiger partial charge is 0.376 e. The summed E-state index contributed by atoms with van der Waals surface area (Å²) in [5, 5.41) is 5.98. The Morgan fingerprint density at radius 2 is 1.90 bits per heavy atom. The van der Waals surface area contributed by atoms with E-state index in [1.165, 1.54) is 12.1 Å². The van der Waals surface area contributed by atoms with Crippen molar-refractivity contribution in [1.82, 2.24) is 0 Å². The number of thiocarbonyl (C=S) groups is 1. The largest absolute Gasteiger partial charge is 0.464 e. The Bertz CT molecular complexity index is 565. The van der Waals surface area contributed by atoms with Crippen LogP contribution in [0.5, 0.6) is 0 Å². The maximum Gasteiger partial charge on any atom is 0.464 e. The molecule has 0 aliphatic carbocycles. The Labute approximate surface area is 119 Å². The molecule has 3 nitrogen and oxygen atoms in total. The van der Waals surface area contributed by atoms with Crippen molar-refractivity contribution in [3.05, 3.63) is 23.8 Å². The fourth-order valence-corrected chi connectivity index (χ4v) is 2.07. The van der Waals surface area contributed by atoms with Crippen molar-refractivity contribution in [3.63, 3.8) is 0 Å². The van der Waals surface area contributed by atoms with Crippen LogP contribution in [0.3, 0.4) is 0 Å². The van der Waals surface area contributed by atoms with Gasteiger partial charge in [0, 0.05) is 4.90 Å². The highest BCUT2D eigenvalue weighted by Gasteiger charge is 2.58. The number of halogens is 5. The lowest BCUT2D eigenvalue weighted by Gasteiger charge is -2.19. The lowest BCUT2D eigenvalue weighted by Crippen LogP contribution is -2.32. The number of alkyl halides is 5. The molecule has 20 heavy (non-hydrogen) atoms. The Morgan fingerprint density at radius 3 is 2.35 bits per heavy atom. The van der Waals surface area contributed by atoms with Crippen molar-refractivity contribution in [1.29, 1.82) is 5.26 Å². The summed E-state index contributed by atoms with van der Waals surface area (Å²) >= 11 is 3.76. The summed E-state index contributed by atoms with van der Waals surface area (Å²) in [6.07, 6.45) is -5.73. The summed E-state index contributed by atoms with van der Waals surface area (Å²) in [6.45, 7) is 0. The van der Waals surface area contributed by atoms with E-state index in [9.17, 15) is 22.0 Å². The van der Waals surface area contributed by atoms with Gasteiger partial charge in [-0.05, 0) is 36.1 Å². The number of nitriles is 1. The van der Waals surface area contributed by atoms with Crippen molar-refractivity contribution in [2.24, 2.45) is 5.73 Å². The van der Waals surface area contributed by atoms with Gasteiger partial charge in [-0.2, -0.15) is 27.2 Å². The summed E-state index contributed by atoms with van der Waals surface area (Å²) in [4.78, 5) is -0.531. The standard InChI is InChI=1S/C10H6F5N3S2/c11-9(12,13)10(14,15)20-7-3-1-2-6(5(7)4-16)18-8(17)19/h1-3H,(H3,17,18,19). The van der Waals surface area contributed by atoms with E-state index in [0.717, 1.165) is 6.07 Å². The maximum atomic E-state index is 13.0. The third-order valence-corrected chi connectivity index (χ3v) is 3.11. The molecular formula is C10H6F5N3S2. The molecule has 0 radical (unpaired) electrons. The first-order valence-electron chi connectivity index (χ1n) is 4.81. The number of nitrogens with two attached hydrogens (primary N) is 1. The molecule has 0 fully saturated rings. The first-order valence-corrected chi connectivity index (χ1v) is 6.04. The fraction of sp³-hybridized carbons (Fsp3) is 0.200. The van der Waals surface area contributed by atoms with E-state index in [1.54, 1.807) is 6.07 Å². The topological polar surface area (TPSA) is 61.8 Å². The van der Waals surface area contributed by atoms with E-state index >= 15 is 0 Å². The molecule has 0 aromatic heterocycles. The van der Waals surface area contributed by atoms with Crippen molar-refractivity contribution >= 4 is 34.8 Å². The average molecular weight is 327 g/mol. The van der Waals surface area contributed by atoms with Gasteiger partial charge in [0.15, 0.2) is 5.11 Å². The second-order valence-electron chi connectivity index (χ2n) is 3.40. The summed E-state index contributed by atoms with van der Waals surface area (Å²) < 4.78 is 62.4. The minimum absolute atomic E-state index is 0.0389. The van der Waals surface area contributed by atoms with Gasteiger partial charge in [0.25, 0.3) is 0 Å². The highest BCUT2D eigenvalue weighted by atomic mass is 32.2. The first kappa shape index (κ1) is 16.5. The minimum Gasteiger partial charge on any atom is -0.376 e. The first-order chi connectivity index (χ1) is 9.08. The normalized spacial score (nSPS) is 11.8. The van der Waals surface area contributed by atoms with Crippen LogP contribution in [0, 0.1) is 11.3 Å². The quantitative estimate of drug-likeness (QED) is 0.506. The predicted molar refractivity (Wildman–Crippen MR) is 68.4 cm³/mol. The number of benzene rings is 1. The van der Waals surface area contributed by atoms with E-state index < -0.39 is 33.7 Å². The molecule has 108 valence electrons. The molecule has 0 aliphatic rings. The van der Waals surface area contributed by atoms with Gasteiger partial charge in [-0.1, -0.05) is 6.07 Å². The Kier molecular flexibility index (Phi) is 4.77. The second kappa shape index (κ2) is 5.80. The zero-order valence-electron chi connectivity index (χ0n) is 9.46. The van der Waals surface area contributed by atoms with Crippen molar-refractivity contribution in [3.8, 4) is 6.07 Å². The number of thioether (sulfide) groups is 1. The molecule has 3 N–H and O–H groups in total. The molecule has 0 saturated carbocycles. The Hall–Kier alpha value is -1.60. The van der Waals surface area contributed by atoms with Gasteiger partial charge >= 0.3 is 11.4 Å². The molecule has 1 aromatic rings. The van der Waals surface area contributed by atoms with Crippen molar-refractivity contribution < 1.29 is 22.0 Å². The van der Waals surface area contributed by atoms with Gasteiger partial charge in [0.05, 0.1) is 11.3 Å². The van der Waals surface area contributed by atoms with Crippen LogP contribution in [0.25, 0.3) is 0 Å². The molecule has 1 aromatic carbocycles. The van der Waals surface area contributed by atoms with Crippen LogP contribution < -0.4 is 11.1 Å². The number of nitrogens with one attached hydrogen (secondary N) is 1. The summed E-state index contributed by atoms with van der Waals surface area (Å²) in [5.41, 5.74) is 4.74. The molecule has 0 amide bonds. The molecule has 0 spiro atoms. The van der Waals surface area contributed by atoms with E-state index in [2.05, 4.69) is 17.5 Å². The number of anilines is 1. The summed E-state index contributed by atoms with van der Waals surface area (Å²) in [7, 11) is 0. The third kappa shape index (κ3) is 3.71. The molecule has 0 aliphatic heterocycles. The zero-order valence-corrected chi connectivity index (χ0v) is 11.1. The second-order valence-corrected chi connectivity index (χ2v) is 4.99. The van der Waals surface area contributed by atoms with Gasteiger partial charge in [0.1, 0.15) is 6.07 Å². The average Bonchev–Trinajstić information content (AvgIpc) is 2.26. The summed E-state index contributed by atoms with van der Waals surface area (Å²) in [6, 6.07) is 5.01. The highest BCUT2D eigenvalue weighted by molar-refractivity contribution is 8.00. The number of hydrogen-bond donors (Lipinski definition) is 2.